The highest BCUT2D eigenvalue weighted by molar-refractivity contribution is 7.89. The zero-order chi connectivity index (χ0) is 18.9. The molecule has 0 bridgehead atoms. The lowest BCUT2D eigenvalue weighted by Gasteiger charge is -2.33. The highest BCUT2D eigenvalue weighted by Gasteiger charge is 2.32. The second-order valence-electron chi connectivity index (χ2n) is 7.29. The Kier molecular flexibility index (Phi) is 5.25. The highest BCUT2D eigenvalue weighted by atomic mass is 32.2. The molecule has 1 saturated heterocycles. The van der Waals surface area contributed by atoms with Gasteiger partial charge >= 0.3 is 0 Å². The summed E-state index contributed by atoms with van der Waals surface area (Å²) in [5.41, 5.74) is 1.27. The van der Waals surface area contributed by atoms with Crippen molar-refractivity contribution >= 4 is 10.0 Å². The number of likely N-dealkylation sites (tertiary alicyclic amines) is 1. The molecule has 4 rings (SSSR count). The molecule has 8 nitrogen and oxygen atoms in total. The summed E-state index contributed by atoms with van der Waals surface area (Å²) >= 11 is 0. The summed E-state index contributed by atoms with van der Waals surface area (Å²) < 4.78 is 28.0. The van der Waals surface area contributed by atoms with Crippen LogP contribution in [0.5, 0.6) is 0 Å². The molecule has 1 atom stereocenters. The molecule has 1 fully saturated rings. The third kappa shape index (κ3) is 3.90. The first-order chi connectivity index (χ1) is 13.1. The average Bonchev–Trinajstić information content (AvgIpc) is 3.12. The third-order valence-electron chi connectivity index (χ3n) is 5.53. The van der Waals surface area contributed by atoms with Gasteiger partial charge in [-0.3, -0.25) is 9.88 Å². The summed E-state index contributed by atoms with van der Waals surface area (Å²) in [6, 6.07) is 4.12. The summed E-state index contributed by atoms with van der Waals surface area (Å²) in [6.45, 7) is 6.11. The molecule has 0 N–H and O–H groups in total. The van der Waals surface area contributed by atoms with Crippen molar-refractivity contribution in [1.29, 1.82) is 0 Å². The normalized spacial score (nSPS) is 21.9. The molecule has 0 radical (unpaired) electrons. The van der Waals surface area contributed by atoms with Crippen LogP contribution < -0.4 is 0 Å². The van der Waals surface area contributed by atoms with Crippen LogP contribution in [0, 0.1) is 0 Å². The second kappa shape index (κ2) is 7.65. The van der Waals surface area contributed by atoms with Crippen molar-refractivity contribution in [2.75, 3.05) is 25.4 Å². The standard InChI is InChI=1S/C18H26N6O2S/c1-2-27(25,26)23-10-11-24-17(14-23)20-21-18(24)16-4-3-9-22(13-16)12-15-5-7-19-8-6-15/h5-8,16H,2-4,9-14H2,1H3. The van der Waals surface area contributed by atoms with Crippen molar-refractivity contribution in [3.05, 3.63) is 41.7 Å². The van der Waals surface area contributed by atoms with Gasteiger partial charge in [-0.25, -0.2) is 8.42 Å². The Labute approximate surface area is 160 Å². The molecule has 9 heteroatoms. The number of rotatable bonds is 5. The van der Waals surface area contributed by atoms with E-state index in [2.05, 4.69) is 36.8 Å². The lowest BCUT2D eigenvalue weighted by Crippen LogP contribution is -2.40. The van der Waals surface area contributed by atoms with Crippen molar-refractivity contribution < 1.29 is 8.42 Å². The van der Waals surface area contributed by atoms with Gasteiger partial charge in [-0.05, 0) is 44.0 Å². The zero-order valence-electron chi connectivity index (χ0n) is 15.7. The Morgan fingerprint density at radius 1 is 1.15 bits per heavy atom. The molecule has 0 aliphatic carbocycles. The minimum absolute atomic E-state index is 0.126. The Morgan fingerprint density at radius 2 is 1.96 bits per heavy atom. The van der Waals surface area contributed by atoms with E-state index in [4.69, 9.17) is 0 Å². The number of sulfonamides is 1. The fraction of sp³-hybridized carbons (Fsp3) is 0.611. The van der Waals surface area contributed by atoms with E-state index in [-0.39, 0.29) is 5.75 Å². The van der Waals surface area contributed by atoms with Crippen molar-refractivity contribution in [2.45, 2.75) is 45.3 Å². The molecule has 146 valence electrons. The molecule has 2 aliphatic heterocycles. The van der Waals surface area contributed by atoms with Crippen LogP contribution >= 0.6 is 0 Å². The van der Waals surface area contributed by atoms with Crippen LogP contribution in [0.1, 0.15) is 42.9 Å². The van der Waals surface area contributed by atoms with Gasteiger partial charge in [-0.1, -0.05) is 0 Å². The molecule has 1 unspecified atom stereocenters. The third-order valence-corrected chi connectivity index (χ3v) is 7.36. The van der Waals surface area contributed by atoms with Gasteiger partial charge < -0.3 is 4.57 Å². The summed E-state index contributed by atoms with van der Waals surface area (Å²) in [7, 11) is -3.18. The van der Waals surface area contributed by atoms with Gasteiger partial charge in [0.05, 0.1) is 12.3 Å². The van der Waals surface area contributed by atoms with E-state index in [1.165, 1.54) is 9.87 Å². The van der Waals surface area contributed by atoms with Crippen LogP contribution in [0.2, 0.25) is 0 Å². The number of aromatic nitrogens is 4. The fourth-order valence-corrected chi connectivity index (χ4v) is 5.07. The molecule has 27 heavy (non-hydrogen) atoms. The molecule has 0 saturated carbocycles. The maximum absolute atomic E-state index is 12.1. The molecule has 2 aromatic rings. The smallest absolute Gasteiger partial charge is 0.214 e. The summed E-state index contributed by atoms with van der Waals surface area (Å²) in [4.78, 5) is 6.54. The second-order valence-corrected chi connectivity index (χ2v) is 9.55. The molecular formula is C18H26N6O2S. The quantitative estimate of drug-likeness (QED) is 0.763. The van der Waals surface area contributed by atoms with Gasteiger partial charge in [0.25, 0.3) is 0 Å². The first-order valence-corrected chi connectivity index (χ1v) is 11.2. The molecule has 2 aliphatic rings. The van der Waals surface area contributed by atoms with Gasteiger partial charge in [0.2, 0.25) is 10.0 Å². The Hall–Kier alpha value is -1.84. The number of hydrogen-bond donors (Lipinski definition) is 0. The Bertz CT molecular complexity index is 883. The van der Waals surface area contributed by atoms with E-state index < -0.39 is 10.0 Å². The van der Waals surface area contributed by atoms with Crippen LogP contribution in [0.4, 0.5) is 0 Å². The van der Waals surface area contributed by atoms with Crippen LogP contribution in [0.15, 0.2) is 24.5 Å². The lowest BCUT2D eigenvalue weighted by atomic mass is 9.96. The average molecular weight is 391 g/mol. The number of hydrogen-bond acceptors (Lipinski definition) is 6. The van der Waals surface area contributed by atoms with Gasteiger partial charge in [-0.15, -0.1) is 10.2 Å². The fourth-order valence-electron chi connectivity index (χ4n) is 4.04. The molecule has 4 heterocycles. The lowest BCUT2D eigenvalue weighted by molar-refractivity contribution is 0.193. The minimum atomic E-state index is -3.18. The molecular weight excluding hydrogens is 364 g/mol. The largest absolute Gasteiger partial charge is 0.312 e. The maximum atomic E-state index is 12.1. The number of fused-ring (bicyclic) bond motifs is 1. The van der Waals surface area contributed by atoms with Crippen molar-refractivity contribution in [3.8, 4) is 0 Å². The van der Waals surface area contributed by atoms with Crippen LogP contribution in [0.3, 0.4) is 0 Å². The summed E-state index contributed by atoms with van der Waals surface area (Å²) in [5.74, 6) is 2.24. The molecule has 0 spiro atoms. The number of pyridine rings is 1. The van der Waals surface area contributed by atoms with E-state index in [9.17, 15) is 8.42 Å². The predicted octanol–water partition coefficient (Wildman–Crippen LogP) is 1.22. The number of nitrogens with zero attached hydrogens (tertiary/aromatic N) is 6. The zero-order valence-corrected chi connectivity index (χ0v) is 16.5. The Balaban J connectivity index is 1.47. The van der Waals surface area contributed by atoms with E-state index in [1.54, 1.807) is 6.92 Å². The van der Waals surface area contributed by atoms with E-state index >= 15 is 0 Å². The molecule has 2 aromatic heterocycles. The van der Waals surface area contributed by atoms with Gasteiger partial charge in [0, 0.05) is 44.5 Å². The summed E-state index contributed by atoms with van der Waals surface area (Å²) in [6.07, 6.45) is 5.90. The van der Waals surface area contributed by atoms with Gasteiger partial charge in [-0.2, -0.15) is 4.31 Å². The van der Waals surface area contributed by atoms with Crippen LogP contribution in [-0.4, -0.2) is 62.8 Å². The topological polar surface area (TPSA) is 84.2 Å². The number of piperidine rings is 1. The minimum Gasteiger partial charge on any atom is -0.312 e. The Morgan fingerprint density at radius 3 is 2.74 bits per heavy atom. The summed E-state index contributed by atoms with van der Waals surface area (Å²) in [5, 5.41) is 8.78. The van der Waals surface area contributed by atoms with Gasteiger partial charge in [0.1, 0.15) is 11.6 Å². The molecule has 0 amide bonds. The SMILES string of the molecule is CCS(=O)(=O)N1CCn2c(nnc2C2CCCN(Cc3ccncc3)C2)C1. The van der Waals surface area contributed by atoms with E-state index in [0.29, 0.717) is 25.6 Å². The highest BCUT2D eigenvalue weighted by Crippen LogP contribution is 2.28. The first kappa shape index (κ1) is 18.5. The van der Waals surface area contributed by atoms with Gasteiger partial charge in [0.15, 0.2) is 0 Å². The van der Waals surface area contributed by atoms with Crippen molar-refractivity contribution in [2.24, 2.45) is 0 Å². The van der Waals surface area contributed by atoms with E-state index in [0.717, 1.165) is 44.1 Å². The van der Waals surface area contributed by atoms with Crippen LogP contribution in [-0.2, 0) is 29.7 Å². The van der Waals surface area contributed by atoms with Crippen molar-refractivity contribution in [3.63, 3.8) is 0 Å². The molecule has 0 aromatic carbocycles. The van der Waals surface area contributed by atoms with E-state index in [1.807, 2.05) is 12.4 Å². The monoisotopic (exact) mass is 390 g/mol. The van der Waals surface area contributed by atoms with Crippen molar-refractivity contribution in [1.82, 2.24) is 29.0 Å². The predicted molar refractivity (Wildman–Crippen MR) is 101 cm³/mol. The van der Waals surface area contributed by atoms with Crippen LogP contribution in [0.25, 0.3) is 0 Å². The first-order valence-electron chi connectivity index (χ1n) is 9.58. The maximum Gasteiger partial charge on any atom is 0.214 e.